The van der Waals surface area contributed by atoms with Crippen LogP contribution in [0.3, 0.4) is 0 Å². The summed E-state index contributed by atoms with van der Waals surface area (Å²) in [6.07, 6.45) is 8.48. The topological polar surface area (TPSA) is 68.5 Å². The summed E-state index contributed by atoms with van der Waals surface area (Å²) in [6, 6.07) is 13.7. The standard InChI is InChI=1S/C29H29FN4O2/c1-18-12-21(10-11-24(18)27(35)13-19-8-9-19)26-17-32-29-25(31-16-20-4-2-5-20)15-28(33-34(26)29)36-23-7-3-6-22(30)14-23/h3,6-7,10-12,14-15,17,19-20,31H,2,4-5,8-9,13,16H2,1H3. The van der Waals surface area contributed by atoms with E-state index in [9.17, 15) is 9.18 Å². The van der Waals surface area contributed by atoms with E-state index < -0.39 is 0 Å². The molecule has 0 spiro atoms. The number of fused-ring (bicyclic) bond motifs is 1. The number of ether oxygens (including phenoxy) is 1. The fraction of sp³-hybridized carbons (Fsp3) is 0.345. The Morgan fingerprint density at radius 3 is 2.69 bits per heavy atom. The fourth-order valence-electron chi connectivity index (χ4n) is 4.76. The zero-order valence-electron chi connectivity index (χ0n) is 20.3. The molecule has 0 saturated heterocycles. The molecule has 2 heterocycles. The molecule has 0 atom stereocenters. The summed E-state index contributed by atoms with van der Waals surface area (Å²) in [5, 5.41) is 8.23. The van der Waals surface area contributed by atoms with E-state index in [1.807, 2.05) is 31.2 Å². The van der Waals surface area contributed by atoms with E-state index in [4.69, 9.17) is 9.84 Å². The number of nitrogens with one attached hydrogen (secondary N) is 1. The van der Waals surface area contributed by atoms with Crippen molar-refractivity contribution in [2.24, 2.45) is 11.8 Å². The van der Waals surface area contributed by atoms with E-state index in [0.29, 0.717) is 35.5 Å². The lowest BCUT2D eigenvalue weighted by Gasteiger charge is -2.26. The molecule has 1 N–H and O–H groups in total. The van der Waals surface area contributed by atoms with Gasteiger partial charge in [-0.1, -0.05) is 24.6 Å². The number of Topliss-reactive ketones (excluding diaryl/α,β-unsaturated/α-hetero) is 1. The number of carbonyl (C=O) groups excluding carboxylic acids is 1. The molecule has 184 valence electrons. The van der Waals surface area contributed by atoms with Crippen LogP contribution in [0.2, 0.25) is 0 Å². The van der Waals surface area contributed by atoms with Gasteiger partial charge in [-0.15, -0.1) is 5.10 Å². The van der Waals surface area contributed by atoms with Crippen LogP contribution in [0, 0.1) is 24.6 Å². The molecule has 0 radical (unpaired) electrons. The van der Waals surface area contributed by atoms with E-state index in [1.165, 1.54) is 31.4 Å². The number of halogens is 1. The SMILES string of the molecule is Cc1cc(-c2cnc3c(NCC4CCC4)cc(Oc4cccc(F)c4)nn23)ccc1C(=O)CC1CC1. The van der Waals surface area contributed by atoms with Gasteiger partial charge >= 0.3 is 0 Å². The van der Waals surface area contributed by atoms with Gasteiger partial charge in [-0.25, -0.2) is 13.9 Å². The van der Waals surface area contributed by atoms with Gasteiger partial charge in [0.15, 0.2) is 11.4 Å². The molecule has 6 nitrogen and oxygen atoms in total. The average molecular weight is 485 g/mol. The molecule has 6 rings (SSSR count). The Hall–Kier alpha value is -3.74. The van der Waals surface area contributed by atoms with Crippen LogP contribution in [0.25, 0.3) is 16.9 Å². The Balaban J connectivity index is 1.36. The van der Waals surface area contributed by atoms with E-state index in [0.717, 1.165) is 47.5 Å². The number of carbonyl (C=O) groups is 1. The van der Waals surface area contributed by atoms with E-state index in [2.05, 4.69) is 10.3 Å². The van der Waals surface area contributed by atoms with Gasteiger partial charge in [-0.05, 0) is 68.2 Å². The van der Waals surface area contributed by atoms with E-state index in [1.54, 1.807) is 22.8 Å². The van der Waals surface area contributed by atoms with Crippen LogP contribution in [-0.2, 0) is 0 Å². The number of hydrogen-bond acceptors (Lipinski definition) is 5. The largest absolute Gasteiger partial charge is 0.437 e. The number of benzene rings is 2. The van der Waals surface area contributed by atoms with Crippen molar-refractivity contribution >= 4 is 17.1 Å². The van der Waals surface area contributed by atoms with Crippen molar-refractivity contribution in [1.29, 1.82) is 0 Å². The second-order valence-corrected chi connectivity index (χ2v) is 10.1. The first kappa shape index (κ1) is 22.7. The number of aromatic nitrogens is 3. The number of ketones is 1. The van der Waals surface area contributed by atoms with Crippen LogP contribution < -0.4 is 10.1 Å². The summed E-state index contributed by atoms with van der Waals surface area (Å²) >= 11 is 0. The summed E-state index contributed by atoms with van der Waals surface area (Å²) in [5.41, 5.74) is 4.97. The number of nitrogens with zero attached hydrogens (tertiary/aromatic N) is 3. The van der Waals surface area contributed by atoms with Crippen molar-refractivity contribution in [2.75, 3.05) is 11.9 Å². The van der Waals surface area contributed by atoms with Crippen LogP contribution in [0.5, 0.6) is 11.6 Å². The maximum Gasteiger partial charge on any atom is 0.239 e. The minimum Gasteiger partial charge on any atom is -0.437 e. The summed E-state index contributed by atoms with van der Waals surface area (Å²) in [6.45, 7) is 2.84. The Bertz CT molecular complexity index is 1440. The highest BCUT2D eigenvalue weighted by Gasteiger charge is 2.26. The van der Waals surface area contributed by atoms with Crippen LogP contribution in [0.4, 0.5) is 10.1 Å². The number of anilines is 1. The van der Waals surface area contributed by atoms with Crippen LogP contribution >= 0.6 is 0 Å². The lowest BCUT2D eigenvalue weighted by Crippen LogP contribution is -2.21. The third kappa shape index (κ3) is 4.70. The quantitative estimate of drug-likeness (QED) is 0.264. The molecule has 2 aliphatic carbocycles. The van der Waals surface area contributed by atoms with Gasteiger partial charge in [0.05, 0.1) is 17.6 Å². The molecule has 36 heavy (non-hydrogen) atoms. The molecule has 0 bridgehead atoms. The van der Waals surface area contributed by atoms with Crippen LogP contribution in [0.1, 0.15) is 54.4 Å². The normalized spacial score (nSPS) is 15.6. The van der Waals surface area contributed by atoms with Crippen molar-refractivity contribution in [3.8, 4) is 22.9 Å². The highest BCUT2D eigenvalue weighted by molar-refractivity contribution is 5.98. The smallest absolute Gasteiger partial charge is 0.239 e. The number of rotatable bonds is 9. The Morgan fingerprint density at radius 2 is 1.97 bits per heavy atom. The molecule has 2 aromatic heterocycles. The molecule has 2 saturated carbocycles. The molecular formula is C29H29FN4O2. The van der Waals surface area contributed by atoms with Crippen molar-refractivity contribution < 1.29 is 13.9 Å². The second kappa shape index (κ2) is 9.37. The summed E-state index contributed by atoms with van der Waals surface area (Å²) in [5.74, 6) is 1.78. The molecule has 4 aromatic rings. The molecule has 0 aliphatic heterocycles. The first-order chi connectivity index (χ1) is 17.5. The first-order valence-electron chi connectivity index (χ1n) is 12.7. The van der Waals surface area contributed by atoms with E-state index in [-0.39, 0.29) is 11.6 Å². The Morgan fingerprint density at radius 1 is 1.11 bits per heavy atom. The molecule has 2 aliphatic rings. The van der Waals surface area contributed by atoms with Gasteiger partial charge in [-0.2, -0.15) is 0 Å². The molecule has 2 aromatic carbocycles. The van der Waals surface area contributed by atoms with Gasteiger partial charge in [0.25, 0.3) is 0 Å². The monoisotopic (exact) mass is 484 g/mol. The van der Waals surface area contributed by atoms with Crippen LogP contribution in [0.15, 0.2) is 54.7 Å². The second-order valence-electron chi connectivity index (χ2n) is 10.1. The summed E-state index contributed by atoms with van der Waals surface area (Å²) in [7, 11) is 0. The Labute approximate surface area is 209 Å². The van der Waals surface area contributed by atoms with Crippen molar-refractivity contribution in [1.82, 2.24) is 14.6 Å². The highest BCUT2D eigenvalue weighted by Crippen LogP contribution is 2.35. The maximum atomic E-state index is 13.7. The molecule has 0 amide bonds. The fourth-order valence-corrected chi connectivity index (χ4v) is 4.76. The van der Waals surface area contributed by atoms with Gasteiger partial charge in [0.1, 0.15) is 11.6 Å². The predicted octanol–water partition coefficient (Wildman–Crippen LogP) is 6.83. The number of hydrogen-bond donors (Lipinski definition) is 1. The minimum atomic E-state index is -0.368. The number of imidazole rings is 1. The van der Waals surface area contributed by atoms with Crippen molar-refractivity contribution in [3.05, 3.63) is 71.7 Å². The van der Waals surface area contributed by atoms with Gasteiger partial charge in [0, 0.05) is 36.2 Å². The first-order valence-corrected chi connectivity index (χ1v) is 12.7. The zero-order valence-corrected chi connectivity index (χ0v) is 20.3. The molecule has 2 fully saturated rings. The minimum absolute atomic E-state index is 0.214. The molecular weight excluding hydrogens is 455 g/mol. The average Bonchev–Trinajstić information content (AvgIpc) is 3.53. The predicted molar refractivity (Wildman–Crippen MR) is 137 cm³/mol. The third-order valence-corrected chi connectivity index (χ3v) is 7.26. The van der Waals surface area contributed by atoms with Crippen molar-refractivity contribution in [2.45, 2.75) is 45.4 Å². The molecule has 7 heteroatoms. The summed E-state index contributed by atoms with van der Waals surface area (Å²) in [4.78, 5) is 17.4. The summed E-state index contributed by atoms with van der Waals surface area (Å²) < 4.78 is 21.5. The van der Waals surface area contributed by atoms with Crippen LogP contribution in [-0.4, -0.2) is 26.9 Å². The lowest BCUT2D eigenvalue weighted by molar-refractivity contribution is 0.0975. The lowest BCUT2D eigenvalue weighted by atomic mass is 9.85. The Kier molecular flexibility index (Phi) is 5.91. The van der Waals surface area contributed by atoms with Gasteiger partial charge in [0.2, 0.25) is 5.88 Å². The highest BCUT2D eigenvalue weighted by atomic mass is 19.1. The van der Waals surface area contributed by atoms with E-state index >= 15 is 0 Å². The maximum absolute atomic E-state index is 13.7. The zero-order chi connectivity index (χ0) is 24.6. The van der Waals surface area contributed by atoms with Gasteiger partial charge in [-0.3, -0.25) is 4.79 Å². The molecule has 0 unspecified atom stereocenters. The van der Waals surface area contributed by atoms with Gasteiger partial charge < -0.3 is 10.1 Å². The number of aryl methyl sites for hydroxylation is 1. The third-order valence-electron chi connectivity index (χ3n) is 7.26. The van der Waals surface area contributed by atoms with Crippen molar-refractivity contribution in [3.63, 3.8) is 0 Å².